The summed E-state index contributed by atoms with van der Waals surface area (Å²) in [6, 6.07) is 0. The molecule has 30 heavy (non-hydrogen) atoms. The van der Waals surface area contributed by atoms with Crippen LogP contribution in [0.5, 0.6) is 0 Å². The number of ketones is 1. The van der Waals surface area contributed by atoms with E-state index in [0.717, 1.165) is 0 Å². The van der Waals surface area contributed by atoms with Gasteiger partial charge in [0.2, 0.25) is 0 Å². The van der Waals surface area contributed by atoms with Crippen molar-refractivity contribution in [3.63, 3.8) is 0 Å². The molecule has 0 amide bonds. The lowest BCUT2D eigenvalue weighted by atomic mass is 9.45. The number of fused-ring (bicyclic) bond motifs is 7. The average Bonchev–Trinajstić information content (AvgIpc) is 3.05. The van der Waals surface area contributed by atoms with Gasteiger partial charge in [-0.15, -0.1) is 11.8 Å². The molecule has 166 valence electrons. The van der Waals surface area contributed by atoms with E-state index in [1.807, 2.05) is 27.0 Å². The maximum absolute atomic E-state index is 17.1. The molecule has 3 saturated carbocycles. The first kappa shape index (κ1) is 21.1. The molecule has 7 heteroatoms. The lowest BCUT2D eigenvalue weighted by Crippen LogP contribution is -2.69. The van der Waals surface area contributed by atoms with E-state index in [0.29, 0.717) is 6.42 Å². The number of aliphatic hydroxyl groups excluding tert-OH is 1. The van der Waals surface area contributed by atoms with Crippen LogP contribution in [0.15, 0.2) is 23.8 Å². The van der Waals surface area contributed by atoms with E-state index >= 15 is 8.78 Å². The van der Waals surface area contributed by atoms with Gasteiger partial charge in [0.1, 0.15) is 17.2 Å². The number of hydrogen-bond acceptors (Lipinski definition) is 5. The molecule has 4 nitrogen and oxygen atoms in total. The van der Waals surface area contributed by atoms with Crippen molar-refractivity contribution < 1.29 is 28.2 Å². The quantitative estimate of drug-likeness (QED) is 0.665. The molecule has 1 N–H and O–H groups in total. The normalized spacial score (nSPS) is 56.1. The van der Waals surface area contributed by atoms with Crippen molar-refractivity contribution in [2.24, 2.45) is 22.7 Å². The summed E-state index contributed by atoms with van der Waals surface area (Å²) in [5.74, 6) is -2.00. The van der Waals surface area contributed by atoms with Crippen LogP contribution in [0.2, 0.25) is 0 Å². The summed E-state index contributed by atoms with van der Waals surface area (Å²) in [6.45, 7) is 7.42. The molecule has 5 rings (SSSR count). The van der Waals surface area contributed by atoms with E-state index in [1.54, 1.807) is 18.7 Å². The molecule has 4 fully saturated rings. The number of carbonyl (C=O) groups is 1. The van der Waals surface area contributed by atoms with Crippen LogP contribution in [0.3, 0.4) is 0 Å². The number of ether oxygens (including phenoxy) is 2. The topological polar surface area (TPSA) is 55.8 Å². The van der Waals surface area contributed by atoms with Crippen LogP contribution in [0.1, 0.15) is 47.0 Å². The molecule has 1 heterocycles. The highest BCUT2D eigenvalue weighted by atomic mass is 32.2. The van der Waals surface area contributed by atoms with Crippen molar-refractivity contribution >= 4 is 17.5 Å². The molecule has 5 aliphatic rings. The zero-order valence-electron chi connectivity index (χ0n) is 18.1. The fourth-order valence-electron chi connectivity index (χ4n) is 7.59. The second-order valence-corrected chi connectivity index (χ2v) is 11.6. The Morgan fingerprint density at radius 3 is 2.57 bits per heavy atom. The zero-order valence-corrected chi connectivity index (χ0v) is 18.9. The summed E-state index contributed by atoms with van der Waals surface area (Å²) >= 11 is 1.56. The number of carbonyl (C=O) groups excluding carboxylic acids is 1. The van der Waals surface area contributed by atoms with Crippen LogP contribution < -0.4 is 0 Å². The Hall–Kier alpha value is -0.760. The van der Waals surface area contributed by atoms with Crippen molar-refractivity contribution in [2.75, 3.05) is 6.26 Å². The number of thioether (sulfide) groups is 1. The third kappa shape index (κ3) is 2.20. The number of rotatable bonds is 1. The Bertz CT molecular complexity index is 873. The zero-order chi connectivity index (χ0) is 21.9. The molecule has 0 aromatic heterocycles. The summed E-state index contributed by atoms with van der Waals surface area (Å²) < 4.78 is 45.2. The van der Waals surface area contributed by atoms with Gasteiger partial charge < -0.3 is 14.6 Å². The molecule has 9 atom stereocenters. The minimum absolute atomic E-state index is 0.0447. The van der Waals surface area contributed by atoms with Gasteiger partial charge in [0.05, 0.1) is 6.10 Å². The highest BCUT2D eigenvalue weighted by Crippen LogP contribution is 2.74. The Morgan fingerprint density at radius 2 is 1.90 bits per heavy atom. The maximum Gasteiger partial charge on any atom is 0.178 e. The fraction of sp³-hybridized carbons (Fsp3) is 0.783. The van der Waals surface area contributed by atoms with Gasteiger partial charge in [-0.2, -0.15) is 0 Å². The lowest BCUT2D eigenvalue weighted by molar-refractivity contribution is -0.235. The molecule has 0 spiro atoms. The summed E-state index contributed by atoms with van der Waals surface area (Å²) in [5.41, 5.74) is -3.83. The Morgan fingerprint density at radius 1 is 1.20 bits per heavy atom. The van der Waals surface area contributed by atoms with Crippen molar-refractivity contribution in [1.82, 2.24) is 0 Å². The van der Waals surface area contributed by atoms with Crippen LogP contribution in [0.25, 0.3) is 0 Å². The highest BCUT2D eigenvalue weighted by molar-refractivity contribution is 7.99. The van der Waals surface area contributed by atoms with E-state index in [1.165, 1.54) is 18.2 Å². The molecule has 4 aliphatic carbocycles. The van der Waals surface area contributed by atoms with Gasteiger partial charge in [0.25, 0.3) is 0 Å². The van der Waals surface area contributed by atoms with Crippen molar-refractivity contribution in [2.45, 2.75) is 81.7 Å². The van der Waals surface area contributed by atoms with Gasteiger partial charge in [0, 0.05) is 16.7 Å². The van der Waals surface area contributed by atoms with E-state index in [2.05, 4.69) is 0 Å². The van der Waals surface area contributed by atoms with Crippen LogP contribution >= 0.6 is 11.8 Å². The maximum atomic E-state index is 17.1. The van der Waals surface area contributed by atoms with Crippen molar-refractivity contribution in [1.29, 1.82) is 0 Å². The van der Waals surface area contributed by atoms with E-state index in [-0.39, 0.29) is 36.2 Å². The first-order valence-electron chi connectivity index (χ1n) is 10.7. The second kappa shape index (κ2) is 5.97. The van der Waals surface area contributed by atoms with Gasteiger partial charge in [-0.05, 0) is 69.9 Å². The van der Waals surface area contributed by atoms with Gasteiger partial charge >= 0.3 is 0 Å². The van der Waals surface area contributed by atoms with Gasteiger partial charge in [-0.25, -0.2) is 8.78 Å². The van der Waals surface area contributed by atoms with E-state index < -0.39 is 45.4 Å². The third-order valence-corrected chi connectivity index (χ3v) is 10.3. The number of halogens is 2. The van der Waals surface area contributed by atoms with Crippen molar-refractivity contribution in [3.8, 4) is 0 Å². The Labute approximate surface area is 180 Å². The monoisotopic (exact) mass is 440 g/mol. The average molecular weight is 441 g/mol. The van der Waals surface area contributed by atoms with Crippen LogP contribution in [-0.2, 0) is 14.3 Å². The first-order valence-corrected chi connectivity index (χ1v) is 12.0. The van der Waals surface area contributed by atoms with E-state index in [4.69, 9.17) is 9.47 Å². The lowest BCUT2D eigenvalue weighted by Gasteiger charge is -2.63. The molecule has 1 unspecified atom stereocenters. The predicted molar refractivity (Wildman–Crippen MR) is 110 cm³/mol. The largest absolute Gasteiger partial charge is 0.390 e. The molecule has 0 bridgehead atoms. The van der Waals surface area contributed by atoms with E-state index in [9.17, 15) is 9.90 Å². The first-order chi connectivity index (χ1) is 13.8. The van der Waals surface area contributed by atoms with Crippen LogP contribution in [0.4, 0.5) is 8.78 Å². The van der Waals surface area contributed by atoms with Gasteiger partial charge in [-0.1, -0.05) is 13.0 Å². The summed E-state index contributed by atoms with van der Waals surface area (Å²) in [6.07, 6.45) is 3.71. The molecular formula is C23H30F2O4S. The number of alkyl halides is 2. The Kier molecular flexibility index (Phi) is 4.20. The van der Waals surface area contributed by atoms with Gasteiger partial charge in [-0.3, -0.25) is 4.79 Å². The second-order valence-electron chi connectivity index (χ2n) is 10.6. The molecule has 1 saturated heterocycles. The molecule has 0 aromatic carbocycles. The predicted octanol–water partition coefficient (Wildman–Crippen LogP) is 4.13. The standard InChI is InChI=1S/C23H30F2O4S/c1-19(2)28-18-10-13-14-9-16(24)15-8-12(26)6-7-20(15,3)22(14,25)17(27)11-21(13,4)23(18,29-19)30-5/h6-8,13-14,16-18,27H,9-11H2,1-5H3/t13-,14?,16-,17-,18+,20-,21-,22-,23-/m0/s1. The third-order valence-electron chi connectivity index (χ3n) is 8.83. The summed E-state index contributed by atoms with van der Waals surface area (Å²) in [4.78, 5) is 11.2. The fourth-order valence-corrected chi connectivity index (χ4v) is 8.98. The van der Waals surface area contributed by atoms with Crippen LogP contribution in [0, 0.1) is 22.7 Å². The minimum atomic E-state index is -2.06. The number of aliphatic hydroxyl groups is 1. The smallest absolute Gasteiger partial charge is 0.178 e. The van der Waals surface area contributed by atoms with Crippen molar-refractivity contribution in [3.05, 3.63) is 23.8 Å². The molecule has 0 radical (unpaired) electrons. The summed E-state index contributed by atoms with van der Waals surface area (Å²) in [5, 5.41) is 11.3. The molecular weight excluding hydrogens is 410 g/mol. The minimum Gasteiger partial charge on any atom is -0.390 e. The molecule has 0 aromatic rings. The van der Waals surface area contributed by atoms with Gasteiger partial charge in [0.15, 0.2) is 17.2 Å². The Balaban J connectivity index is 1.64. The number of hydrogen-bond donors (Lipinski definition) is 1. The molecule has 1 aliphatic heterocycles. The van der Waals surface area contributed by atoms with Crippen LogP contribution in [-0.4, -0.2) is 51.9 Å². The number of allylic oxidation sites excluding steroid dienone is 4. The highest BCUT2D eigenvalue weighted by Gasteiger charge is 2.78. The SMILES string of the molecule is CS[C@@]12OC(C)(C)O[C@@H]1C[C@H]1C3C[C@H](F)C4=CC(=O)C=C[C@]4(C)[C@@]3(F)[C@@H](O)C[C@@]12C. The summed E-state index contributed by atoms with van der Waals surface area (Å²) in [7, 11) is 0.